The fraction of sp³-hybridized carbons (Fsp3) is 0.619. The van der Waals surface area contributed by atoms with E-state index in [1.807, 2.05) is 13.0 Å². The zero-order valence-corrected chi connectivity index (χ0v) is 31.1. The third-order valence-electron chi connectivity index (χ3n) is 14.6. The van der Waals surface area contributed by atoms with Gasteiger partial charge in [-0.15, -0.1) is 0 Å². The first-order chi connectivity index (χ1) is 23.3. The molecule has 1 aromatic heterocycles. The van der Waals surface area contributed by atoms with Gasteiger partial charge in [-0.3, -0.25) is 4.79 Å². The highest BCUT2D eigenvalue weighted by Gasteiger charge is 2.67. The molecule has 8 heteroatoms. The molecular formula is C42H53NO7. The number of allylic oxidation sites excluding steroid dienone is 1. The summed E-state index contributed by atoms with van der Waals surface area (Å²) >= 11 is 0. The number of aliphatic hydroxyl groups is 2. The number of ether oxygens (including phenoxy) is 3. The van der Waals surface area contributed by atoms with Gasteiger partial charge in [-0.1, -0.05) is 45.1 Å². The molecule has 0 saturated heterocycles. The van der Waals surface area contributed by atoms with Crippen LogP contribution in [0.5, 0.6) is 0 Å². The van der Waals surface area contributed by atoms with Crippen LogP contribution in [-0.2, 0) is 26.0 Å². The average Bonchev–Trinajstić information content (AvgIpc) is 3.70. The average molecular weight is 684 g/mol. The fourth-order valence-corrected chi connectivity index (χ4v) is 12.6. The number of benzene rings is 1. The third kappa shape index (κ3) is 4.04. The lowest BCUT2D eigenvalue weighted by Crippen LogP contribution is -2.62. The van der Waals surface area contributed by atoms with Crippen molar-refractivity contribution in [1.82, 2.24) is 4.57 Å². The Bertz CT molecular complexity index is 1950. The van der Waals surface area contributed by atoms with Gasteiger partial charge < -0.3 is 29.0 Å². The molecule has 2 saturated carbocycles. The van der Waals surface area contributed by atoms with Crippen LogP contribution in [-0.4, -0.2) is 57.7 Å². The summed E-state index contributed by atoms with van der Waals surface area (Å²) in [5.41, 5.74) is 5.63. The van der Waals surface area contributed by atoms with E-state index in [4.69, 9.17) is 9.47 Å². The van der Waals surface area contributed by atoms with Gasteiger partial charge in [0.1, 0.15) is 12.6 Å². The number of methoxy groups -OCH3 is 1. The smallest absolute Gasteiger partial charge is 0.438 e. The number of nitrogens with zero attached hydrogens (tertiary/aromatic N) is 1. The van der Waals surface area contributed by atoms with Gasteiger partial charge in [0.05, 0.1) is 41.6 Å². The molecule has 0 amide bonds. The molecule has 2 N–H and O–H groups in total. The topological polar surface area (TPSA) is 107 Å². The van der Waals surface area contributed by atoms with Crippen molar-refractivity contribution in [3.63, 3.8) is 0 Å². The molecule has 2 aliphatic heterocycles. The van der Waals surface area contributed by atoms with Crippen molar-refractivity contribution in [3.05, 3.63) is 64.4 Å². The first kappa shape index (κ1) is 33.9. The molecule has 8 nitrogen and oxygen atoms in total. The minimum absolute atomic E-state index is 0.0236. The number of ketones is 1. The number of hydrogen-bond acceptors (Lipinski definition) is 7. The van der Waals surface area contributed by atoms with Crippen LogP contribution in [0, 0.1) is 28.6 Å². The van der Waals surface area contributed by atoms with Crippen molar-refractivity contribution >= 4 is 28.4 Å². The number of fused-ring (bicyclic) bond motifs is 11. The van der Waals surface area contributed by atoms with Crippen LogP contribution in [0.2, 0.25) is 0 Å². The van der Waals surface area contributed by atoms with E-state index in [1.165, 1.54) is 18.4 Å². The Labute approximate surface area is 295 Å². The highest BCUT2D eigenvalue weighted by atomic mass is 16.7. The fourth-order valence-electron chi connectivity index (χ4n) is 12.6. The van der Waals surface area contributed by atoms with Crippen molar-refractivity contribution in [2.24, 2.45) is 28.6 Å². The molecule has 2 fully saturated rings. The molecule has 1 aromatic carbocycles. The standard InChI is InChI=1S/C42H53NO7/c1-21(2)32-35(46)30-29-23(26-20-38(3,4)50-39(5,6)31(26)34(29)45)19-24-25-18-22-12-13-27-40(7,15-11-17-49-37(47)48-10)28(44)14-16-41(27,8)42(22,9)36(25)43(32)33(24)30/h11,15,19-20,22,27-28,31-32,34,44-45H,1,12-14,16-18H2,2-10H3/b15-11+/t22?,27-,28-,31?,32-,34+,40-,41-,42+/m0/s1. The molecule has 0 spiro atoms. The maximum atomic E-state index is 14.8. The summed E-state index contributed by atoms with van der Waals surface area (Å²) in [6, 6.07) is 1.76. The van der Waals surface area contributed by atoms with Crippen LogP contribution in [0.1, 0.15) is 126 Å². The van der Waals surface area contributed by atoms with Crippen LogP contribution in [0.4, 0.5) is 4.79 Å². The Balaban J connectivity index is 1.33. The summed E-state index contributed by atoms with van der Waals surface area (Å²) in [6.45, 7) is 21.7. The largest absolute Gasteiger partial charge is 0.508 e. The van der Waals surface area contributed by atoms with Gasteiger partial charge in [0, 0.05) is 33.4 Å². The molecule has 3 heterocycles. The van der Waals surface area contributed by atoms with Gasteiger partial charge >= 0.3 is 6.16 Å². The van der Waals surface area contributed by atoms with Gasteiger partial charge in [0.25, 0.3) is 0 Å². The van der Waals surface area contributed by atoms with E-state index in [9.17, 15) is 19.8 Å². The Morgan fingerprint density at radius 3 is 2.52 bits per heavy atom. The monoisotopic (exact) mass is 683 g/mol. The van der Waals surface area contributed by atoms with E-state index in [2.05, 4.69) is 82.6 Å². The lowest BCUT2D eigenvalue weighted by Gasteiger charge is -2.64. The van der Waals surface area contributed by atoms with Gasteiger partial charge in [0.15, 0.2) is 5.78 Å². The van der Waals surface area contributed by atoms with Gasteiger partial charge in [0.2, 0.25) is 0 Å². The Hall–Kier alpha value is -3.20. The summed E-state index contributed by atoms with van der Waals surface area (Å²) < 4.78 is 18.7. The highest BCUT2D eigenvalue weighted by molar-refractivity contribution is 6.18. The maximum Gasteiger partial charge on any atom is 0.508 e. The SMILES string of the molecule is C=C(C)[C@H]1C(=O)c2c3c(cc4c5c(n1c24)[C@@]1(C)C(CC[C@H]2[C@](C)(/C=C/COC(=O)OC)[C@@H](O)CC[C@@]21C)C5)C1=CC(C)(C)OC(C)(C)C1[C@@H]3O. The first-order valence-corrected chi connectivity index (χ1v) is 18.5. The predicted octanol–water partition coefficient (Wildman–Crippen LogP) is 7.94. The Kier molecular flexibility index (Phi) is 7.09. The second kappa shape index (κ2) is 10.4. The van der Waals surface area contributed by atoms with Crippen molar-refractivity contribution in [2.45, 2.75) is 122 Å². The number of Topliss-reactive ketones (excluding diaryl/α,β-unsaturated/α-hetero) is 1. The summed E-state index contributed by atoms with van der Waals surface area (Å²) in [7, 11) is 1.29. The first-order valence-electron chi connectivity index (χ1n) is 18.5. The molecular weight excluding hydrogens is 630 g/mol. The van der Waals surface area contributed by atoms with Crippen LogP contribution < -0.4 is 0 Å². The molecule has 0 radical (unpaired) electrons. The summed E-state index contributed by atoms with van der Waals surface area (Å²) in [6.07, 6.45) is 8.39. The van der Waals surface area contributed by atoms with Crippen molar-refractivity contribution in [1.29, 1.82) is 0 Å². The minimum Gasteiger partial charge on any atom is -0.438 e. The van der Waals surface area contributed by atoms with Crippen LogP contribution in [0.3, 0.4) is 0 Å². The van der Waals surface area contributed by atoms with E-state index < -0.39 is 41.0 Å². The second-order valence-corrected chi connectivity index (χ2v) is 18.0. The van der Waals surface area contributed by atoms with Crippen molar-refractivity contribution < 1.29 is 34.0 Å². The van der Waals surface area contributed by atoms with Gasteiger partial charge in [-0.2, -0.15) is 0 Å². The van der Waals surface area contributed by atoms with Crippen LogP contribution >= 0.6 is 0 Å². The summed E-state index contributed by atoms with van der Waals surface area (Å²) in [5, 5.41) is 24.9. The highest BCUT2D eigenvalue weighted by Crippen LogP contribution is 2.71. The predicted molar refractivity (Wildman–Crippen MR) is 192 cm³/mol. The van der Waals surface area contributed by atoms with E-state index in [-0.39, 0.29) is 35.1 Å². The maximum absolute atomic E-state index is 14.8. The molecule has 9 atom stereocenters. The molecule has 0 bridgehead atoms. The number of rotatable bonds is 4. The minimum atomic E-state index is -0.858. The van der Waals surface area contributed by atoms with E-state index in [0.717, 1.165) is 58.9 Å². The quantitative estimate of drug-likeness (QED) is 0.249. The van der Waals surface area contributed by atoms with E-state index in [0.29, 0.717) is 17.9 Å². The number of carbonyl (C=O) groups is 2. The molecule has 50 heavy (non-hydrogen) atoms. The normalized spacial score (nSPS) is 38.7. The number of aliphatic hydroxyl groups excluding tert-OH is 2. The lowest BCUT2D eigenvalue weighted by atomic mass is 9.40. The second-order valence-electron chi connectivity index (χ2n) is 18.0. The van der Waals surface area contributed by atoms with E-state index >= 15 is 0 Å². The zero-order chi connectivity index (χ0) is 36.1. The molecule has 2 unspecified atom stereocenters. The summed E-state index contributed by atoms with van der Waals surface area (Å²) in [4.78, 5) is 26.5. The van der Waals surface area contributed by atoms with E-state index in [1.54, 1.807) is 0 Å². The molecule has 8 rings (SSSR count). The number of hydrogen-bond donors (Lipinski definition) is 2. The van der Waals surface area contributed by atoms with Crippen molar-refractivity contribution in [3.8, 4) is 0 Å². The van der Waals surface area contributed by atoms with Gasteiger partial charge in [-0.25, -0.2) is 4.79 Å². The molecule has 268 valence electrons. The third-order valence-corrected chi connectivity index (χ3v) is 14.6. The Morgan fingerprint density at radius 1 is 1.12 bits per heavy atom. The van der Waals surface area contributed by atoms with Gasteiger partial charge in [-0.05, 0) is 113 Å². The molecule has 2 aromatic rings. The van der Waals surface area contributed by atoms with Crippen molar-refractivity contribution in [2.75, 3.05) is 13.7 Å². The zero-order valence-electron chi connectivity index (χ0n) is 31.1. The molecule has 4 aliphatic carbocycles. The number of aromatic nitrogens is 1. The number of carbonyl (C=O) groups excluding carboxylic acids is 2. The van der Waals surface area contributed by atoms with Crippen LogP contribution in [0.25, 0.3) is 16.5 Å². The molecule has 6 aliphatic rings. The van der Waals surface area contributed by atoms with Crippen LogP contribution in [0.15, 0.2) is 36.4 Å². The Morgan fingerprint density at radius 2 is 1.84 bits per heavy atom. The lowest BCUT2D eigenvalue weighted by molar-refractivity contribution is -0.145. The summed E-state index contributed by atoms with van der Waals surface area (Å²) in [5.74, 6) is 0.277.